The first kappa shape index (κ1) is 48.0. The Balaban J connectivity index is 0.979. The van der Waals surface area contributed by atoms with Crippen LogP contribution < -0.4 is 25.0 Å². The minimum Gasteiger partial charge on any atom is -0.490 e. The van der Waals surface area contributed by atoms with E-state index in [-0.39, 0.29) is 37.8 Å². The number of ether oxygens (including phenoxy) is 4. The van der Waals surface area contributed by atoms with E-state index in [9.17, 15) is 19.2 Å². The molecule has 0 aliphatic carbocycles. The molecule has 7 atom stereocenters. The molecule has 1 unspecified atom stereocenters. The molecule has 7 heterocycles. The number of likely N-dealkylation sites (tertiary alicyclic amines) is 2. The van der Waals surface area contributed by atoms with Crippen molar-refractivity contribution < 1.29 is 46.9 Å². The molecular weight excluding hydrogens is 931 g/mol. The van der Waals surface area contributed by atoms with Crippen molar-refractivity contribution in [1.82, 2.24) is 44.9 Å². The fraction of sp³-hybridized carbons (Fsp3) is 0.423. The number of carbonyl (C=O) groups is 4. The van der Waals surface area contributed by atoms with Gasteiger partial charge in [0, 0.05) is 47.5 Å². The van der Waals surface area contributed by atoms with Crippen molar-refractivity contribution >= 4 is 40.6 Å². The van der Waals surface area contributed by atoms with Crippen molar-refractivity contribution in [3.05, 3.63) is 90.3 Å². The Hall–Kier alpha value is -7.64. The van der Waals surface area contributed by atoms with Crippen molar-refractivity contribution in [2.24, 2.45) is 11.8 Å². The highest BCUT2D eigenvalue weighted by molar-refractivity contribution is 5.93. The largest absolute Gasteiger partial charge is 0.490 e. The molecule has 2 fully saturated rings. The lowest BCUT2D eigenvalue weighted by Crippen LogP contribution is -2.51. The van der Waals surface area contributed by atoms with Gasteiger partial charge >= 0.3 is 12.2 Å². The molecule has 10 rings (SSSR count). The number of benzene rings is 3. The van der Waals surface area contributed by atoms with E-state index in [0.29, 0.717) is 35.4 Å². The molecule has 3 aromatic carbocycles. The number of methoxy groups -OCH3 is 2. The standard InChI is InChI=1S/C52H58F2N10O8/c1-26(2)44(59-51(67)69-6)48(65)62-24-32(53)20-40(62)46-55-22-35(57-46)28-9-12-37-31(16-28)17-39-34-11-8-29(18-42(34)72-50(64(37)39)30-10-13-38-43(19-30)71-15-14-61(38)5)36-23-56-47(58-36)41-21-33(54)25-63(41)49(66)45(27(3)4)60-52(68)70-7/h8-13,16-19,22-23,26-27,32-33,40-41,44-45,50H,14-15,20-21,24-25H2,1-7H3,(H,55,57)(H,56,58)(H,59,67)(H,60,68)/t32-,33-,40+,41+,44+,45+,50?/m1/s1. The second kappa shape index (κ2) is 19.2. The molecule has 0 bridgehead atoms. The van der Waals surface area contributed by atoms with Gasteiger partial charge in [-0.15, -0.1) is 0 Å². The monoisotopic (exact) mass is 988 g/mol. The molecule has 4 aliphatic rings. The molecule has 0 spiro atoms. The Morgan fingerprint density at radius 1 is 0.736 bits per heavy atom. The zero-order valence-corrected chi connectivity index (χ0v) is 41.1. The van der Waals surface area contributed by atoms with Crippen molar-refractivity contribution in [2.45, 2.75) is 83.3 Å². The Bertz CT molecular complexity index is 3060. The number of nitrogens with one attached hydrogen (secondary N) is 4. The van der Waals surface area contributed by atoms with Gasteiger partial charge < -0.3 is 58.8 Å². The molecule has 18 nitrogen and oxygen atoms in total. The highest BCUT2D eigenvalue weighted by atomic mass is 19.1. The molecule has 4 N–H and O–H groups in total. The molecule has 4 amide bonds. The molecule has 6 aromatic rings. The summed E-state index contributed by atoms with van der Waals surface area (Å²) in [6.45, 7) is 8.25. The van der Waals surface area contributed by atoms with Gasteiger partial charge in [0.15, 0.2) is 0 Å². The molecule has 72 heavy (non-hydrogen) atoms. The van der Waals surface area contributed by atoms with E-state index < -0.39 is 66.7 Å². The van der Waals surface area contributed by atoms with E-state index in [1.807, 2.05) is 55.6 Å². The number of likely N-dealkylation sites (N-methyl/N-ethyl adjacent to an activating group) is 1. The summed E-state index contributed by atoms with van der Waals surface area (Å²) >= 11 is 0. The molecule has 0 radical (unpaired) electrons. The summed E-state index contributed by atoms with van der Waals surface area (Å²) in [5.74, 6) is 0.817. The van der Waals surface area contributed by atoms with Crippen molar-refractivity contribution in [2.75, 3.05) is 52.4 Å². The van der Waals surface area contributed by atoms with Crippen molar-refractivity contribution in [3.8, 4) is 45.3 Å². The quantitative estimate of drug-likeness (QED) is 0.0986. The molecule has 0 saturated carbocycles. The average molecular weight is 989 g/mol. The number of halogens is 2. The summed E-state index contributed by atoms with van der Waals surface area (Å²) in [6, 6.07) is 17.0. The Kier molecular flexibility index (Phi) is 12.8. The summed E-state index contributed by atoms with van der Waals surface area (Å²) in [7, 11) is 4.48. The molecule has 2 saturated heterocycles. The van der Waals surface area contributed by atoms with Gasteiger partial charge in [-0.1, -0.05) is 45.9 Å². The number of fused-ring (bicyclic) bond motifs is 6. The summed E-state index contributed by atoms with van der Waals surface area (Å²) in [5, 5.41) is 6.13. The second-order valence-corrected chi connectivity index (χ2v) is 19.6. The first-order valence-electron chi connectivity index (χ1n) is 24.2. The van der Waals surface area contributed by atoms with E-state index in [1.165, 1.54) is 24.0 Å². The van der Waals surface area contributed by atoms with Crippen LogP contribution in [0.15, 0.2) is 73.1 Å². The van der Waals surface area contributed by atoms with Crippen LogP contribution in [0.5, 0.6) is 11.5 Å². The third-order valence-electron chi connectivity index (χ3n) is 14.2. The second-order valence-electron chi connectivity index (χ2n) is 19.6. The van der Waals surface area contributed by atoms with Crippen LogP contribution in [0, 0.1) is 11.8 Å². The van der Waals surface area contributed by atoms with Gasteiger partial charge in [0.05, 0.1) is 86.6 Å². The first-order valence-corrected chi connectivity index (χ1v) is 24.2. The average Bonchev–Trinajstić information content (AvgIpc) is 4.24. The van der Waals surface area contributed by atoms with Gasteiger partial charge in [-0.2, -0.15) is 0 Å². The maximum absolute atomic E-state index is 15.1. The topological polar surface area (TPSA) is 201 Å². The third-order valence-corrected chi connectivity index (χ3v) is 14.2. The van der Waals surface area contributed by atoms with Crippen LogP contribution in [0.3, 0.4) is 0 Å². The SMILES string of the molecule is COC(=O)N[C@H](C(=O)N1C[C@H](F)C[C@H]1c1ncc(-c2ccc3c(c2)OC(c2ccc4c(c2)OCCN4C)n2c-3cc3cc(-c4cnc([C@@H]5C[C@@H](F)CN5C(=O)[C@@H](NC(=O)OC)C(C)C)[nH]4)ccc32)[nH]1)C(C)C. The maximum Gasteiger partial charge on any atom is 0.407 e. The smallest absolute Gasteiger partial charge is 0.407 e. The molecule has 20 heteroatoms. The first-order chi connectivity index (χ1) is 34.6. The van der Waals surface area contributed by atoms with Gasteiger partial charge in [0.2, 0.25) is 18.0 Å². The summed E-state index contributed by atoms with van der Waals surface area (Å²) in [6.07, 6.45) is -1.23. The third kappa shape index (κ3) is 8.80. The van der Waals surface area contributed by atoms with Crippen molar-refractivity contribution in [1.29, 1.82) is 0 Å². The minimum absolute atomic E-state index is 0.0426. The number of hydrogen-bond acceptors (Lipinski definition) is 11. The summed E-state index contributed by atoms with van der Waals surface area (Å²) < 4.78 is 55.1. The Morgan fingerprint density at radius 2 is 1.31 bits per heavy atom. The van der Waals surface area contributed by atoms with Gasteiger partial charge in [-0.05, 0) is 54.3 Å². The van der Waals surface area contributed by atoms with Crippen LogP contribution in [0.1, 0.15) is 76.1 Å². The number of nitrogens with zero attached hydrogens (tertiary/aromatic N) is 6. The Labute approximate surface area is 414 Å². The van der Waals surface area contributed by atoms with Gasteiger partial charge in [0.1, 0.15) is 54.2 Å². The number of hydrogen-bond donors (Lipinski definition) is 4. The number of rotatable bonds is 11. The molecule has 3 aromatic heterocycles. The van der Waals surface area contributed by atoms with Crippen LogP contribution in [0.2, 0.25) is 0 Å². The van der Waals surface area contributed by atoms with Crippen LogP contribution >= 0.6 is 0 Å². The summed E-state index contributed by atoms with van der Waals surface area (Å²) in [4.78, 5) is 73.1. The predicted octanol–water partition coefficient (Wildman–Crippen LogP) is 7.84. The maximum atomic E-state index is 15.1. The molecule has 4 aliphatic heterocycles. The van der Waals surface area contributed by atoms with E-state index >= 15 is 8.78 Å². The van der Waals surface area contributed by atoms with E-state index in [1.54, 1.807) is 40.1 Å². The normalized spacial score (nSPS) is 21.2. The van der Waals surface area contributed by atoms with Crippen LogP contribution in [0.4, 0.5) is 24.1 Å². The predicted molar refractivity (Wildman–Crippen MR) is 263 cm³/mol. The van der Waals surface area contributed by atoms with Gasteiger partial charge in [0.25, 0.3) is 0 Å². The van der Waals surface area contributed by atoms with Crippen molar-refractivity contribution in [3.63, 3.8) is 0 Å². The van der Waals surface area contributed by atoms with E-state index in [0.717, 1.165) is 56.8 Å². The van der Waals surface area contributed by atoms with E-state index in [4.69, 9.17) is 18.9 Å². The van der Waals surface area contributed by atoms with E-state index in [2.05, 4.69) is 52.2 Å². The van der Waals surface area contributed by atoms with Crippen LogP contribution in [-0.2, 0) is 19.1 Å². The summed E-state index contributed by atoms with van der Waals surface area (Å²) in [5.41, 5.74) is 7.36. The number of alkyl halides is 2. The van der Waals surface area contributed by atoms with Crippen LogP contribution in [-0.4, -0.2) is 130 Å². The number of aromatic amines is 2. The fourth-order valence-corrected chi connectivity index (χ4v) is 10.4. The number of amides is 4. The highest BCUT2D eigenvalue weighted by Crippen LogP contribution is 2.47. The molecular formula is C52H58F2N10O8. The zero-order valence-electron chi connectivity index (χ0n) is 41.1. The number of imidazole rings is 2. The highest BCUT2D eigenvalue weighted by Gasteiger charge is 2.43. The lowest BCUT2D eigenvalue weighted by Gasteiger charge is -2.32. The number of carbonyl (C=O) groups excluding carboxylic acids is 4. The lowest BCUT2D eigenvalue weighted by atomic mass is 10.0. The number of alkyl carbamates (subject to hydrolysis) is 2. The number of aromatic nitrogens is 5. The minimum atomic E-state index is -1.28. The lowest BCUT2D eigenvalue weighted by molar-refractivity contribution is -0.136. The Morgan fingerprint density at radius 3 is 1.88 bits per heavy atom. The fourth-order valence-electron chi connectivity index (χ4n) is 10.4. The number of H-pyrrole nitrogens is 2. The van der Waals surface area contributed by atoms with Crippen LogP contribution in [0.25, 0.3) is 44.7 Å². The molecule has 378 valence electrons. The number of anilines is 1. The van der Waals surface area contributed by atoms with Gasteiger partial charge in [-0.25, -0.2) is 28.3 Å². The van der Waals surface area contributed by atoms with Gasteiger partial charge in [-0.3, -0.25) is 9.59 Å². The zero-order chi connectivity index (χ0) is 50.7.